The zero-order valence-electron chi connectivity index (χ0n) is 7.15. The van der Waals surface area contributed by atoms with Crippen LogP contribution >= 0.6 is 0 Å². The van der Waals surface area contributed by atoms with Gasteiger partial charge in [0.15, 0.2) is 0 Å². The molecule has 0 amide bonds. The largest absolute Gasteiger partial charge is 0.368 e. The first kappa shape index (κ1) is 7.03. The summed E-state index contributed by atoms with van der Waals surface area (Å²) in [5.74, 6) is 0. The van der Waals surface area contributed by atoms with E-state index in [4.69, 9.17) is 4.74 Å². The molecule has 0 bridgehead atoms. The van der Waals surface area contributed by atoms with Crippen molar-refractivity contribution in [2.75, 3.05) is 6.61 Å². The minimum absolute atomic E-state index is 0.265. The van der Waals surface area contributed by atoms with Crippen LogP contribution in [0.1, 0.15) is 17.2 Å². The highest BCUT2D eigenvalue weighted by atomic mass is 16.6. The second-order valence-corrected chi connectivity index (χ2v) is 3.23. The van der Waals surface area contributed by atoms with E-state index in [9.17, 15) is 0 Å². The Balaban J connectivity index is 2.30. The van der Waals surface area contributed by atoms with Gasteiger partial charge in [0.1, 0.15) is 17.1 Å². The number of nitrogens with zero attached hydrogens (tertiary/aromatic N) is 2. The number of hydrogen-bond donors (Lipinski definition) is 0. The van der Waals surface area contributed by atoms with Crippen molar-refractivity contribution in [3.63, 3.8) is 0 Å². The molecule has 1 fully saturated rings. The first-order chi connectivity index (χ1) is 6.36. The van der Waals surface area contributed by atoms with Crippen molar-refractivity contribution < 1.29 is 9.37 Å². The Bertz CT molecular complexity index is 460. The van der Waals surface area contributed by atoms with Gasteiger partial charge in [-0.15, -0.1) is 0 Å². The first-order valence-electron chi connectivity index (χ1n) is 4.19. The Morgan fingerprint density at radius 2 is 2.23 bits per heavy atom. The van der Waals surface area contributed by atoms with Crippen LogP contribution in [0, 0.1) is 6.92 Å². The second-order valence-electron chi connectivity index (χ2n) is 3.23. The van der Waals surface area contributed by atoms with E-state index in [-0.39, 0.29) is 6.10 Å². The van der Waals surface area contributed by atoms with Crippen molar-refractivity contribution in [1.29, 1.82) is 0 Å². The first-order valence-corrected chi connectivity index (χ1v) is 4.19. The molecule has 13 heavy (non-hydrogen) atoms. The standard InChI is InChI=1S/C9H8N2O2/c1-5-6(8-4-12-8)2-3-7-9(5)11-13-10-7/h2-3,8H,4H2,1H3/t8-/m1/s1. The van der Waals surface area contributed by atoms with Crippen molar-refractivity contribution in [3.8, 4) is 0 Å². The fourth-order valence-corrected chi connectivity index (χ4v) is 1.57. The van der Waals surface area contributed by atoms with Crippen molar-refractivity contribution >= 4 is 11.0 Å². The molecule has 0 aliphatic carbocycles. The Kier molecular flexibility index (Phi) is 1.24. The van der Waals surface area contributed by atoms with Crippen LogP contribution in [0.25, 0.3) is 11.0 Å². The summed E-state index contributed by atoms with van der Waals surface area (Å²) >= 11 is 0. The van der Waals surface area contributed by atoms with Crippen molar-refractivity contribution in [1.82, 2.24) is 10.3 Å². The smallest absolute Gasteiger partial charge is 0.138 e. The molecule has 66 valence electrons. The summed E-state index contributed by atoms with van der Waals surface area (Å²) in [5, 5.41) is 7.62. The van der Waals surface area contributed by atoms with E-state index in [0.29, 0.717) is 0 Å². The Labute approximate surface area is 74.5 Å². The second kappa shape index (κ2) is 2.29. The lowest BCUT2D eigenvalue weighted by Gasteiger charge is -1.99. The van der Waals surface area contributed by atoms with E-state index >= 15 is 0 Å². The van der Waals surface area contributed by atoms with Gasteiger partial charge in [0.2, 0.25) is 0 Å². The number of aryl methyl sites for hydroxylation is 1. The van der Waals surface area contributed by atoms with Crippen LogP contribution in [0.4, 0.5) is 0 Å². The molecule has 3 rings (SSSR count). The zero-order chi connectivity index (χ0) is 8.84. The molecule has 0 saturated carbocycles. The maximum atomic E-state index is 5.22. The van der Waals surface area contributed by atoms with E-state index < -0.39 is 0 Å². The van der Waals surface area contributed by atoms with E-state index in [1.54, 1.807) is 0 Å². The maximum absolute atomic E-state index is 5.22. The molecule has 2 heterocycles. The van der Waals surface area contributed by atoms with Gasteiger partial charge in [-0.2, -0.15) is 0 Å². The average molecular weight is 176 g/mol. The summed E-state index contributed by atoms with van der Waals surface area (Å²) in [4.78, 5) is 0. The number of fused-ring (bicyclic) bond motifs is 1. The summed E-state index contributed by atoms with van der Waals surface area (Å²) in [6.45, 7) is 2.83. The number of rotatable bonds is 1. The third kappa shape index (κ3) is 0.954. The Morgan fingerprint density at radius 1 is 1.38 bits per heavy atom. The lowest BCUT2D eigenvalue weighted by molar-refractivity contribution is 0.315. The summed E-state index contributed by atoms with van der Waals surface area (Å²) in [5.41, 5.74) is 3.96. The number of aromatic nitrogens is 2. The molecule has 1 atom stereocenters. The van der Waals surface area contributed by atoms with Crippen LogP contribution in [-0.2, 0) is 4.74 Å². The van der Waals surface area contributed by atoms with E-state index in [1.807, 2.05) is 19.1 Å². The zero-order valence-corrected chi connectivity index (χ0v) is 7.15. The van der Waals surface area contributed by atoms with Crippen molar-refractivity contribution in [3.05, 3.63) is 23.3 Å². The normalized spacial score (nSPS) is 20.8. The van der Waals surface area contributed by atoms with Crippen LogP contribution in [-0.4, -0.2) is 16.9 Å². The predicted molar refractivity (Wildman–Crippen MR) is 45.2 cm³/mol. The van der Waals surface area contributed by atoms with Gasteiger partial charge in [-0.25, -0.2) is 4.63 Å². The van der Waals surface area contributed by atoms with Gasteiger partial charge in [-0.3, -0.25) is 0 Å². The molecule has 4 nitrogen and oxygen atoms in total. The molecular formula is C9H8N2O2. The topological polar surface area (TPSA) is 51.5 Å². The fraction of sp³-hybridized carbons (Fsp3) is 0.333. The predicted octanol–water partition coefficient (Wildman–Crippen LogP) is 1.60. The molecule has 4 heteroatoms. The molecular weight excluding hydrogens is 168 g/mol. The quantitative estimate of drug-likeness (QED) is 0.619. The third-order valence-electron chi connectivity index (χ3n) is 2.40. The van der Waals surface area contributed by atoms with Gasteiger partial charge in [0.25, 0.3) is 0 Å². The number of hydrogen-bond acceptors (Lipinski definition) is 4. The van der Waals surface area contributed by atoms with Crippen LogP contribution in [0.15, 0.2) is 16.8 Å². The van der Waals surface area contributed by atoms with Gasteiger partial charge in [-0.1, -0.05) is 6.07 Å². The molecule has 0 unspecified atom stereocenters. The van der Waals surface area contributed by atoms with E-state index in [2.05, 4.69) is 14.9 Å². The third-order valence-corrected chi connectivity index (χ3v) is 2.40. The van der Waals surface area contributed by atoms with Crippen LogP contribution in [0.2, 0.25) is 0 Å². The van der Waals surface area contributed by atoms with Gasteiger partial charge in [-0.05, 0) is 34.4 Å². The maximum Gasteiger partial charge on any atom is 0.138 e. The summed E-state index contributed by atoms with van der Waals surface area (Å²) in [7, 11) is 0. The van der Waals surface area contributed by atoms with Crippen LogP contribution in [0.5, 0.6) is 0 Å². The highest BCUT2D eigenvalue weighted by Gasteiger charge is 2.27. The highest BCUT2D eigenvalue weighted by Crippen LogP contribution is 2.34. The summed E-state index contributed by atoms with van der Waals surface area (Å²) in [6.07, 6.45) is 0.265. The van der Waals surface area contributed by atoms with Crippen molar-refractivity contribution in [2.45, 2.75) is 13.0 Å². The van der Waals surface area contributed by atoms with E-state index in [0.717, 1.165) is 23.2 Å². The molecule has 0 spiro atoms. The van der Waals surface area contributed by atoms with E-state index in [1.165, 1.54) is 5.56 Å². The van der Waals surface area contributed by atoms with Gasteiger partial charge < -0.3 is 4.74 Å². The molecule has 1 aromatic carbocycles. The van der Waals surface area contributed by atoms with Gasteiger partial charge in [0.05, 0.1) is 6.61 Å². The average Bonchev–Trinajstić information content (AvgIpc) is 2.83. The molecule has 1 aromatic heterocycles. The Morgan fingerprint density at radius 3 is 3.00 bits per heavy atom. The molecule has 2 aromatic rings. The van der Waals surface area contributed by atoms with Crippen LogP contribution < -0.4 is 0 Å². The lowest BCUT2D eigenvalue weighted by Crippen LogP contribution is -1.87. The lowest BCUT2D eigenvalue weighted by atomic mass is 10.0. The molecule has 1 saturated heterocycles. The monoisotopic (exact) mass is 176 g/mol. The number of benzene rings is 1. The minimum Gasteiger partial charge on any atom is -0.368 e. The van der Waals surface area contributed by atoms with Crippen molar-refractivity contribution in [2.24, 2.45) is 0 Å². The molecule has 0 N–H and O–H groups in total. The number of ether oxygens (including phenoxy) is 1. The van der Waals surface area contributed by atoms with Gasteiger partial charge in [0, 0.05) is 0 Å². The summed E-state index contributed by atoms with van der Waals surface area (Å²) in [6, 6.07) is 3.94. The van der Waals surface area contributed by atoms with Crippen LogP contribution in [0.3, 0.4) is 0 Å². The number of epoxide rings is 1. The molecule has 1 aliphatic heterocycles. The summed E-state index contributed by atoms with van der Waals surface area (Å²) < 4.78 is 9.88. The fourth-order valence-electron chi connectivity index (χ4n) is 1.57. The highest BCUT2D eigenvalue weighted by molar-refractivity contribution is 5.78. The molecule has 0 radical (unpaired) electrons. The van der Waals surface area contributed by atoms with Gasteiger partial charge >= 0.3 is 0 Å². The minimum atomic E-state index is 0.265. The molecule has 1 aliphatic rings. The Hall–Kier alpha value is -1.42. The SMILES string of the molecule is Cc1c([C@H]2CO2)ccc2nonc12.